The number of halogens is 2. The quantitative estimate of drug-likeness (QED) is 0.921. The number of nitrogens with zero attached hydrogens (tertiary/aromatic N) is 2. The molecule has 4 nitrogen and oxygen atoms in total. The van der Waals surface area contributed by atoms with Gasteiger partial charge >= 0.3 is 0 Å². The van der Waals surface area contributed by atoms with Gasteiger partial charge in [-0.3, -0.25) is 9.78 Å². The minimum absolute atomic E-state index is 0.230. The van der Waals surface area contributed by atoms with Crippen molar-refractivity contribution in [2.24, 2.45) is 0 Å². The maximum Gasteiger partial charge on any atom is 0.258 e. The van der Waals surface area contributed by atoms with Crippen molar-refractivity contribution in [3.63, 3.8) is 0 Å². The van der Waals surface area contributed by atoms with Crippen LogP contribution < -0.4 is 5.32 Å². The fourth-order valence-electron chi connectivity index (χ4n) is 1.45. The fourth-order valence-corrected chi connectivity index (χ4v) is 1.81. The Bertz CT molecular complexity index is 680. The van der Waals surface area contributed by atoms with Crippen molar-refractivity contribution in [2.75, 3.05) is 5.32 Å². The van der Waals surface area contributed by atoms with Gasteiger partial charge in [0.1, 0.15) is 6.07 Å². The molecule has 0 aliphatic heterocycles. The molecular formula is C13H7Cl2N3O. The molecule has 6 heteroatoms. The molecule has 0 fully saturated rings. The molecule has 19 heavy (non-hydrogen) atoms. The smallest absolute Gasteiger partial charge is 0.258 e. The molecule has 0 radical (unpaired) electrons. The summed E-state index contributed by atoms with van der Waals surface area (Å²) in [4.78, 5) is 15.9. The summed E-state index contributed by atoms with van der Waals surface area (Å²) < 4.78 is 0. The summed E-state index contributed by atoms with van der Waals surface area (Å²) in [5, 5.41) is 12.3. The van der Waals surface area contributed by atoms with Crippen LogP contribution in [0.5, 0.6) is 0 Å². The lowest BCUT2D eigenvalue weighted by Gasteiger charge is -2.08. The lowest BCUT2D eigenvalue weighted by molar-refractivity contribution is 0.102. The number of nitrogens with one attached hydrogen (secondary N) is 1. The highest BCUT2D eigenvalue weighted by molar-refractivity contribution is 6.34. The van der Waals surface area contributed by atoms with Gasteiger partial charge in [-0.2, -0.15) is 5.26 Å². The van der Waals surface area contributed by atoms with E-state index in [0.717, 1.165) is 0 Å². The van der Waals surface area contributed by atoms with Gasteiger partial charge in [-0.05, 0) is 24.3 Å². The van der Waals surface area contributed by atoms with Crippen LogP contribution >= 0.6 is 23.2 Å². The van der Waals surface area contributed by atoms with E-state index in [1.807, 2.05) is 6.07 Å². The lowest BCUT2D eigenvalue weighted by Crippen LogP contribution is -2.13. The van der Waals surface area contributed by atoms with Crippen molar-refractivity contribution in [3.05, 3.63) is 57.8 Å². The first kappa shape index (κ1) is 13.3. The molecular weight excluding hydrogens is 285 g/mol. The second-order valence-electron chi connectivity index (χ2n) is 3.61. The number of hydrogen-bond acceptors (Lipinski definition) is 3. The first-order valence-corrected chi connectivity index (χ1v) is 5.98. The van der Waals surface area contributed by atoms with Crippen LogP contribution in [-0.2, 0) is 0 Å². The van der Waals surface area contributed by atoms with Crippen LogP contribution in [-0.4, -0.2) is 10.9 Å². The zero-order valence-corrected chi connectivity index (χ0v) is 11.0. The van der Waals surface area contributed by atoms with Crippen molar-refractivity contribution >= 4 is 34.8 Å². The number of pyridine rings is 1. The molecule has 94 valence electrons. The zero-order valence-electron chi connectivity index (χ0n) is 9.52. The number of hydrogen-bond donors (Lipinski definition) is 1. The predicted octanol–water partition coefficient (Wildman–Crippen LogP) is 3.51. The number of aromatic nitrogens is 1. The molecule has 0 aliphatic carbocycles. The standard InChI is InChI=1S/C13H7Cl2N3O/c14-9-2-1-8(6-16)12(5-9)18-13(19)10-7-17-4-3-11(10)15/h1-5,7H,(H,18,19). The Kier molecular flexibility index (Phi) is 4.00. The molecule has 2 aromatic rings. The van der Waals surface area contributed by atoms with Crippen LogP contribution in [0.3, 0.4) is 0 Å². The summed E-state index contributed by atoms with van der Waals surface area (Å²) in [5.41, 5.74) is 0.880. The number of amides is 1. The summed E-state index contributed by atoms with van der Waals surface area (Å²) in [6.45, 7) is 0. The van der Waals surface area contributed by atoms with Crippen LogP contribution in [0.2, 0.25) is 10.0 Å². The average molecular weight is 292 g/mol. The molecule has 1 N–H and O–H groups in total. The van der Waals surface area contributed by atoms with Gasteiger partial charge in [-0.15, -0.1) is 0 Å². The second-order valence-corrected chi connectivity index (χ2v) is 4.45. The molecule has 1 aromatic carbocycles. The van der Waals surface area contributed by atoms with E-state index < -0.39 is 5.91 Å². The van der Waals surface area contributed by atoms with E-state index in [1.165, 1.54) is 30.6 Å². The highest BCUT2D eigenvalue weighted by atomic mass is 35.5. The minimum Gasteiger partial charge on any atom is -0.321 e. The first-order chi connectivity index (χ1) is 9.11. The van der Waals surface area contributed by atoms with Crippen LogP contribution in [0.15, 0.2) is 36.7 Å². The third kappa shape index (κ3) is 3.02. The van der Waals surface area contributed by atoms with Gasteiger partial charge in [-0.1, -0.05) is 23.2 Å². The molecule has 1 heterocycles. The number of benzene rings is 1. The van der Waals surface area contributed by atoms with E-state index in [4.69, 9.17) is 28.5 Å². The van der Waals surface area contributed by atoms with Gasteiger partial charge in [0.15, 0.2) is 0 Å². The highest BCUT2D eigenvalue weighted by Crippen LogP contribution is 2.22. The van der Waals surface area contributed by atoms with Gasteiger partial charge in [0, 0.05) is 17.4 Å². The number of nitriles is 1. The van der Waals surface area contributed by atoms with Crippen LogP contribution in [0.4, 0.5) is 5.69 Å². The third-order valence-corrected chi connectivity index (χ3v) is 2.93. The van der Waals surface area contributed by atoms with Crippen molar-refractivity contribution in [2.45, 2.75) is 0 Å². The molecule has 0 atom stereocenters. The van der Waals surface area contributed by atoms with Gasteiger partial charge < -0.3 is 5.32 Å². The van der Waals surface area contributed by atoms with Crippen molar-refractivity contribution in [1.29, 1.82) is 5.26 Å². The van der Waals surface area contributed by atoms with E-state index in [2.05, 4.69) is 10.3 Å². The summed E-state index contributed by atoms with van der Waals surface area (Å²) in [5.74, 6) is -0.447. The van der Waals surface area contributed by atoms with E-state index >= 15 is 0 Å². The molecule has 0 bridgehead atoms. The monoisotopic (exact) mass is 291 g/mol. The molecule has 1 amide bonds. The number of carbonyl (C=O) groups is 1. The summed E-state index contributed by atoms with van der Waals surface area (Å²) in [6, 6.07) is 8.09. The molecule has 0 saturated heterocycles. The molecule has 0 saturated carbocycles. The van der Waals surface area contributed by atoms with Crippen LogP contribution in [0.1, 0.15) is 15.9 Å². The number of anilines is 1. The summed E-state index contributed by atoms with van der Waals surface area (Å²) in [7, 11) is 0. The highest BCUT2D eigenvalue weighted by Gasteiger charge is 2.12. The zero-order chi connectivity index (χ0) is 13.8. The molecule has 0 spiro atoms. The number of rotatable bonds is 2. The molecule has 0 aliphatic rings. The van der Waals surface area contributed by atoms with Gasteiger partial charge in [-0.25, -0.2) is 0 Å². The Balaban J connectivity index is 2.32. The summed E-state index contributed by atoms with van der Waals surface area (Å²) in [6.07, 6.45) is 2.84. The SMILES string of the molecule is N#Cc1ccc(Cl)cc1NC(=O)c1cnccc1Cl. The lowest BCUT2D eigenvalue weighted by atomic mass is 10.2. The molecule has 2 rings (SSSR count). The average Bonchev–Trinajstić information content (AvgIpc) is 2.39. The Labute approximate surface area is 119 Å². The topological polar surface area (TPSA) is 65.8 Å². The predicted molar refractivity (Wildman–Crippen MR) is 73.4 cm³/mol. The Hall–Kier alpha value is -2.09. The van der Waals surface area contributed by atoms with Gasteiger partial charge in [0.2, 0.25) is 0 Å². The minimum atomic E-state index is -0.447. The fraction of sp³-hybridized carbons (Fsp3) is 0. The first-order valence-electron chi connectivity index (χ1n) is 5.22. The largest absolute Gasteiger partial charge is 0.321 e. The number of carbonyl (C=O) groups excluding carboxylic acids is 1. The van der Waals surface area contributed by atoms with E-state index in [-0.39, 0.29) is 10.6 Å². The second kappa shape index (κ2) is 5.70. The normalized spacial score (nSPS) is 9.74. The third-order valence-electron chi connectivity index (χ3n) is 2.36. The maximum absolute atomic E-state index is 12.0. The maximum atomic E-state index is 12.0. The molecule has 0 unspecified atom stereocenters. The molecule has 1 aromatic heterocycles. The van der Waals surface area contributed by atoms with Crippen molar-refractivity contribution in [1.82, 2.24) is 4.98 Å². The Morgan fingerprint density at radius 3 is 2.79 bits per heavy atom. The Morgan fingerprint density at radius 1 is 1.32 bits per heavy atom. The Morgan fingerprint density at radius 2 is 2.11 bits per heavy atom. The van der Waals surface area contributed by atoms with Crippen LogP contribution in [0, 0.1) is 11.3 Å². The van der Waals surface area contributed by atoms with Gasteiger partial charge in [0.05, 0.1) is 21.8 Å². The van der Waals surface area contributed by atoms with Gasteiger partial charge in [0.25, 0.3) is 5.91 Å². The van der Waals surface area contributed by atoms with E-state index in [1.54, 1.807) is 6.07 Å². The van der Waals surface area contributed by atoms with E-state index in [0.29, 0.717) is 16.3 Å². The van der Waals surface area contributed by atoms with Crippen molar-refractivity contribution in [3.8, 4) is 6.07 Å². The van der Waals surface area contributed by atoms with Crippen molar-refractivity contribution < 1.29 is 4.79 Å². The summed E-state index contributed by atoms with van der Waals surface area (Å²) >= 11 is 11.7. The van der Waals surface area contributed by atoms with Crippen LogP contribution in [0.25, 0.3) is 0 Å². The van der Waals surface area contributed by atoms with E-state index in [9.17, 15) is 4.79 Å².